The molecule has 4 aromatic rings. The van der Waals surface area contributed by atoms with Crippen molar-refractivity contribution in [2.75, 3.05) is 0 Å². The molecule has 0 N–H and O–H groups in total. The van der Waals surface area contributed by atoms with Crippen LogP contribution in [0.2, 0.25) is 0 Å². The van der Waals surface area contributed by atoms with Crippen molar-refractivity contribution < 1.29 is 20.4 Å². The zero-order valence-electron chi connectivity index (χ0n) is 26.2. The number of fused-ring (bicyclic) bond motifs is 10. The second-order valence-electron chi connectivity index (χ2n) is 14.9. The third-order valence-electron chi connectivity index (χ3n) is 9.16. The van der Waals surface area contributed by atoms with E-state index in [0.29, 0.717) is 0 Å². The van der Waals surface area contributed by atoms with Gasteiger partial charge in [0.25, 0.3) is 0 Å². The molecule has 0 spiro atoms. The Labute approximate surface area is 255 Å². The van der Waals surface area contributed by atoms with E-state index in [1.54, 1.807) is 0 Å². The number of hydrogen-bond acceptors (Lipinski definition) is 2. The van der Waals surface area contributed by atoms with Crippen LogP contribution in [0.15, 0.2) is 48.5 Å². The first-order valence-electron chi connectivity index (χ1n) is 14.1. The Hall–Kier alpha value is -2.48. The van der Waals surface area contributed by atoms with E-state index in [1.165, 1.54) is 22.5 Å². The topological polar surface area (TPSA) is 35.6 Å². The molecular formula is C35H44N4Pd. The Balaban J connectivity index is 0.00000370. The van der Waals surface area contributed by atoms with Crippen molar-refractivity contribution in [1.82, 2.24) is 19.1 Å². The standard InChI is InChI=1S/C35H44N4.Pd/c1-31(2,3)27-19-23-21-38(27)29-17-13-15-25(36-29)33(7,8)26-16-14-18-30(37-26)39-22-24(20-28(39)32(4,5)6)35(11,12)34(23,9)10;/h13-20H,1-12H3;/q-2;+2. The molecule has 0 saturated heterocycles. The molecule has 0 fully saturated rings. The Morgan fingerprint density at radius 2 is 0.950 bits per heavy atom. The van der Waals surface area contributed by atoms with Crippen LogP contribution in [0.1, 0.15) is 117 Å². The van der Waals surface area contributed by atoms with Crippen molar-refractivity contribution in [3.63, 3.8) is 0 Å². The molecule has 0 amide bonds. The molecule has 1 aliphatic heterocycles. The van der Waals surface area contributed by atoms with Gasteiger partial charge in [-0.25, -0.2) is 0 Å². The minimum atomic E-state index is -0.402. The van der Waals surface area contributed by atoms with Gasteiger partial charge in [-0.15, -0.1) is 11.1 Å². The van der Waals surface area contributed by atoms with Crippen LogP contribution in [-0.4, -0.2) is 19.1 Å². The van der Waals surface area contributed by atoms with Crippen molar-refractivity contribution in [3.05, 3.63) is 94.8 Å². The molecule has 0 radical (unpaired) electrons. The van der Waals surface area contributed by atoms with E-state index < -0.39 is 5.41 Å². The van der Waals surface area contributed by atoms with Gasteiger partial charge in [-0.2, -0.15) is 12.1 Å². The van der Waals surface area contributed by atoms with Crippen molar-refractivity contribution >= 4 is 0 Å². The van der Waals surface area contributed by atoms with Crippen LogP contribution in [-0.2, 0) is 47.5 Å². The fourth-order valence-corrected chi connectivity index (χ4v) is 5.53. The summed E-state index contributed by atoms with van der Waals surface area (Å²) in [5.74, 6) is 1.78. The number of pyridine rings is 2. The first kappa shape index (κ1) is 30.5. The third-order valence-corrected chi connectivity index (χ3v) is 9.16. The summed E-state index contributed by atoms with van der Waals surface area (Å²) in [5.41, 5.74) is 5.65. The van der Waals surface area contributed by atoms with E-state index in [1.807, 2.05) is 0 Å². The summed E-state index contributed by atoms with van der Waals surface area (Å²) in [6.07, 6.45) is 7.62. The minimum absolute atomic E-state index is 0. The van der Waals surface area contributed by atoms with Crippen molar-refractivity contribution in [2.24, 2.45) is 0 Å². The molecule has 0 unspecified atom stereocenters. The van der Waals surface area contributed by atoms with Gasteiger partial charge in [-0.05, 0) is 47.6 Å². The van der Waals surface area contributed by atoms with E-state index >= 15 is 0 Å². The fraction of sp³-hybridized carbons (Fsp3) is 0.486. The minimum Gasteiger partial charge on any atom is -0.432 e. The van der Waals surface area contributed by atoms with Gasteiger partial charge in [0.05, 0.1) is 11.6 Å². The van der Waals surface area contributed by atoms with Crippen LogP contribution >= 0.6 is 0 Å². The van der Waals surface area contributed by atoms with Gasteiger partial charge < -0.3 is 9.13 Å². The molecular weight excluding hydrogens is 583 g/mol. The van der Waals surface area contributed by atoms with Crippen LogP contribution in [0.25, 0.3) is 11.6 Å². The molecule has 1 aliphatic rings. The monoisotopic (exact) mass is 626 g/mol. The number of nitrogens with zero attached hydrogens (tertiary/aromatic N) is 4. The van der Waals surface area contributed by atoms with Crippen molar-refractivity contribution in [3.8, 4) is 11.6 Å². The van der Waals surface area contributed by atoms with Gasteiger partial charge in [0, 0.05) is 16.8 Å². The van der Waals surface area contributed by atoms with Gasteiger partial charge >= 0.3 is 20.4 Å². The van der Waals surface area contributed by atoms with E-state index in [4.69, 9.17) is 9.97 Å². The molecule has 0 atom stereocenters. The number of hydrogen-bond donors (Lipinski definition) is 0. The van der Waals surface area contributed by atoms with Crippen molar-refractivity contribution in [2.45, 2.75) is 110 Å². The van der Waals surface area contributed by atoms with Crippen LogP contribution in [0, 0.1) is 12.4 Å². The maximum absolute atomic E-state index is 5.24. The smallest absolute Gasteiger partial charge is 0.432 e. The first-order chi connectivity index (χ1) is 17.8. The largest absolute Gasteiger partial charge is 2.00 e. The summed E-state index contributed by atoms with van der Waals surface area (Å²) in [7, 11) is 0. The maximum atomic E-state index is 5.24. The van der Waals surface area contributed by atoms with E-state index in [0.717, 1.165) is 23.0 Å². The summed E-state index contributed by atoms with van der Waals surface area (Å²) in [4.78, 5) is 10.5. The average Bonchev–Trinajstić information content (AvgIpc) is 3.50. The summed E-state index contributed by atoms with van der Waals surface area (Å²) < 4.78 is 4.37. The molecule has 4 aromatic heterocycles. The molecule has 5 heteroatoms. The summed E-state index contributed by atoms with van der Waals surface area (Å²) in [5, 5.41) is 0. The molecule has 5 rings (SSSR count). The third kappa shape index (κ3) is 4.74. The SMILES string of the molecule is CC(C)(C)c1cc2[c-]n1-c1cccc(n1)C(C)(C)c1cccc(n1)-n1[c-]c(cc1C(C)(C)C)C(C)(C)C2(C)C.[Pd+2]. The van der Waals surface area contributed by atoms with Gasteiger partial charge in [0.2, 0.25) is 0 Å². The summed E-state index contributed by atoms with van der Waals surface area (Å²) in [6.45, 7) is 27.3. The quantitative estimate of drug-likeness (QED) is 0.146. The Morgan fingerprint density at radius 3 is 1.27 bits per heavy atom. The fourth-order valence-electron chi connectivity index (χ4n) is 5.53. The first-order valence-corrected chi connectivity index (χ1v) is 14.1. The average molecular weight is 627 g/mol. The Kier molecular flexibility index (Phi) is 7.27. The van der Waals surface area contributed by atoms with Gasteiger partial charge in [0.1, 0.15) is 0 Å². The molecule has 0 saturated carbocycles. The molecule has 0 aromatic carbocycles. The van der Waals surface area contributed by atoms with Gasteiger partial charge in [-0.1, -0.05) is 117 Å². The molecule has 214 valence electrons. The molecule has 5 heterocycles. The summed E-state index contributed by atoms with van der Waals surface area (Å²) >= 11 is 0. The van der Waals surface area contributed by atoms with Crippen molar-refractivity contribution in [1.29, 1.82) is 0 Å². The predicted molar refractivity (Wildman–Crippen MR) is 160 cm³/mol. The Morgan fingerprint density at radius 1 is 0.600 bits per heavy atom. The zero-order chi connectivity index (χ0) is 28.8. The van der Waals surface area contributed by atoms with Crippen LogP contribution < -0.4 is 0 Å². The number of rotatable bonds is 0. The van der Waals surface area contributed by atoms with E-state index in [2.05, 4.69) is 153 Å². The van der Waals surface area contributed by atoms with Crippen LogP contribution in [0.4, 0.5) is 0 Å². The maximum Gasteiger partial charge on any atom is 2.00 e. The van der Waals surface area contributed by atoms with Crippen LogP contribution in [0.3, 0.4) is 0 Å². The molecule has 40 heavy (non-hydrogen) atoms. The second kappa shape index (κ2) is 9.53. The predicted octanol–water partition coefficient (Wildman–Crippen LogP) is 8.15. The van der Waals surface area contributed by atoms with E-state index in [9.17, 15) is 0 Å². The van der Waals surface area contributed by atoms with Gasteiger partial charge in [0.15, 0.2) is 0 Å². The normalized spacial score (nSPS) is 17.4. The molecule has 4 nitrogen and oxygen atoms in total. The molecule has 0 aliphatic carbocycles. The number of aromatic nitrogens is 4. The Bertz CT molecular complexity index is 1430. The second-order valence-corrected chi connectivity index (χ2v) is 14.9. The summed E-state index contributed by atoms with van der Waals surface area (Å²) in [6, 6.07) is 17.3. The molecule has 8 bridgehead atoms. The van der Waals surface area contributed by atoms with E-state index in [-0.39, 0.29) is 42.1 Å². The van der Waals surface area contributed by atoms with Gasteiger partial charge in [-0.3, -0.25) is 9.97 Å². The van der Waals surface area contributed by atoms with Crippen LogP contribution in [0.5, 0.6) is 0 Å². The zero-order valence-corrected chi connectivity index (χ0v) is 27.8.